The van der Waals surface area contributed by atoms with Crippen molar-refractivity contribution in [1.82, 2.24) is 9.97 Å². The third-order valence-corrected chi connectivity index (χ3v) is 3.36. The quantitative estimate of drug-likeness (QED) is 0.739. The molecule has 2 aromatic carbocycles. The molecule has 1 heterocycles. The summed E-state index contributed by atoms with van der Waals surface area (Å²) in [5, 5.41) is 1.96. The fraction of sp³-hybridized carbons (Fsp3) is 0.176. The first kappa shape index (κ1) is 13.4. The maximum absolute atomic E-state index is 6.01. The molecule has 106 valence electrons. The molecule has 0 bridgehead atoms. The second-order valence-corrected chi connectivity index (χ2v) is 4.90. The molecule has 0 fully saturated rings. The van der Waals surface area contributed by atoms with Crippen LogP contribution in [0.2, 0.25) is 0 Å². The Labute approximate surface area is 123 Å². The van der Waals surface area contributed by atoms with Gasteiger partial charge in [-0.25, -0.2) is 4.98 Å². The SMILES string of the molecule is CCc1cc(Oc2ccc(N)c3ccccc23)nc(C)n1. The van der Waals surface area contributed by atoms with Crippen molar-refractivity contribution in [1.29, 1.82) is 0 Å². The molecule has 0 radical (unpaired) electrons. The van der Waals surface area contributed by atoms with Gasteiger partial charge in [-0.1, -0.05) is 31.2 Å². The molecule has 0 saturated carbocycles. The number of aromatic nitrogens is 2. The average molecular weight is 279 g/mol. The molecule has 0 saturated heterocycles. The molecule has 3 aromatic rings. The monoisotopic (exact) mass is 279 g/mol. The Morgan fingerprint density at radius 3 is 2.57 bits per heavy atom. The summed E-state index contributed by atoms with van der Waals surface area (Å²) in [5.74, 6) is 2.03. The average Bonchev–Trinajstić information content (AvgIpc) is 2.50. The molecule has 4 heteroatoms. The Morgan fingerprint density at radius 2 is 1.81 bits per heavy atom. The number of fused-ring (bicyclic) bond motifs is 1. The molecular weight excluding hydrogens is 262 g/mol. The highest BCUT2D eigenvalue weighted by Gasteiger charge is 2.08. The molecule has 0 amide bonds. The van der Waals surface area contributed by atoms with E-state index in [9.17, 15) is 0 Å². The van der Waals surface area contributed by atoms with Crippen molar-refractivity contribution in [3.8, 4) is 11.6 Å². The zero-order chi connectivity index (χ0) is 14.8. The van der Waals surface area contributed by atoms with Crippen molar-refractivity contribution in [3.05, 3.63) is 54.0 Å². The first-order chi connectivity index (χ1) is 10.2. The fourth-order valence-corrected chi connectivity index (χ4v) is 2.33. The first-order valence-corrected chi connectivity index (χ1v) is 6.97. The predicted octanol–water partition coefficient (Wildman–Crippen LogP) is 3.88. The summed E-state index contributed by atoms with van der Waals surface area (Å²) in [6, 6.07) is 13.5. The van der Waals surface area contributed by atoms with Crippen LogP contribution >= 0.6 is 0 Å². The molecule has 0 unspecified atom stereocenters. The highest BCUT2D eigenvalue weighted by Crippen LogP contribution is 2.32. The fourth-order valence-electron chi connectivity index (χ4n) is 2.33. The van der Waals surface area contributed by atoms with E-state index in [0.29, 0.717) is 11.7 Å². The number of nitrogens with zero attached hydrogens (tertiary/aromatic N) is 2. The largest absolute Gasteiger partial charge is 0.438 e. The summed E-state index contributed by atoms with van der Waals surface area (Å²) in [6.07, 6.45) is 0.849. The minimum Gasteiger partial charge on any atom is -0.438 e. The minimum absolute atomic E-state index is 0.564. The van der Waals surface area contributed by atoms with Crippen LogP contribution in [0, 0.1) is 6.92 Å². The lowest BCUT2D eigenvalue weighted by Crippen LogP contribution is -1.98. The standard InChI is InChI=1S/C17H17N3O/c1-3-12-10-17(20-11(2)19-12)21-16-9-8-15(18)13-6-4-5-7-14(13)16/h4-10H,3,18H2,1-2H3. The number of hydrogen-bond donors (Lipinski definition) is 1. The summed E-state index contributed by atoms with van der Waals surface area (Å²) >= 11 is 0. The van der Waals surface area contributed by atoms with E-state index in [1.165, 1.54) is 0 Å². The summed E-state index contributed by atoms with van der Waals surface area (Å²) in [7, 11) is 0. The second kappa shape index (κ2) is 5.40. The van der Waals surface area contributed by atoms with Crippen molar-refractivity contribution < 1.29 is 4.74 Å². The molecule has 0 aliphatic heterocycles. The Kier molecular flexibility index (Phi) is 3.44. The maximum atomic E-state index is 6.01. The van der Waals surface area contributed by atoms with Crippen LogP contribution < -0.4 is 10.5 Å². The van der Waals surface area contributed by atoms with Gasteiger partial charge in [-0.3, -0.25) is 0 Å². The molecular formula is C17H17N3O. The number of ether oxygens (including phenoxy) is 1. The normalized spacial score (nSPS) is 10.8. The maximum Gasteiger partial charge on any atom is 0.222 e. The molecule has 0 aliphatic carbocycles. The zero-order valence-corrected chi connectivity index (χ0v) is 12.1. The van der Waals surface area contributed by atoms with Crippen molar-refractivity contribution in [2.24, 2.45) is 0 Å². The van der Waals surface area contributed by atoms with Gasteiger partial charge in [-0.05, 0) is 25.5 Å². The van der Waals surface area contributed by atoms with E-state index >= 15 is 0 Å². The number of rotatable bonds is 3. The van der Waals surface area contributed by atoms with E-state index < -0.39 is 0 Å². The van der Waals surface area contributed by atoms with E-state index in [1.54, 1.807) is 0 Å². The third-order valence-electron chi connectivity index (χ3n) is 3.36. The Hall–Kier alpha value is -2.62. The first-order valence-electron chi connectivity index (χ1n) is 6.97. The lowest BCUT2D eigenvalue weighted by Gasteiger charge is -2.11. The van der Waals surface area contributed by atoms with Gasteiger partial charge >= 0.3 is 0 Å². The highest BCUT2D eigenvalue weighted by atomic mass is 16.5. The molecule has 2 N–H and O–H groups in total. The van der Waals surface area contributed by atoms with Crippen molar-refractivity contribution in [2.75, 3.05) is 5.73 Å². The van der Waals surface area contributed by atoms with Crippen LogP contribution in [0.5, 0.6) is 11.6 Å². The van der Waals surface area contributed by atoms with Crippen LogP contribution in [0.4, 0.5) is 5.69 Å². The van der Waals surface area contributed by atoms with Crippen molar-refractivity contribution in [2.45, 2.75) is 20.3 Å². The molecule has 21 heavy (non-hydrogen) atoms. The van der Waals surface area contributed by atoms with Gasteiger partial charge in [0.2, 0.25) is 5.88 Å². The zero-order valence-electron chi connectivity index (χ0n) is 12.1. The van der Waals surface area contributed by atoms with Gasteiger partial charge in [-0.2, -0.15) is 4.98 Å². The number of benzene rings is 2. The van der Waals surface area contributed by atoms with Crippen LogP contribution in [0.1, 0.15) is 18.4 Å². The van der Waals surface area contributed by atoms with Gasteiger partial charge in [0.05, 0.1) is 0 Å². The van der Waals surface area contributed by atoms with Gasteiger partial charge in [0.1, 0.15) is 11.6 Å². The molecule has 1 aromatic heterocycles. The summed E-state index contributed by atoms with van der Waals surface area (Å²) in [4.78, 5) is 8.70. The number of aryl methyl sites for hydroxylation is 2. The van der Waals surface area contributed by atoms with E-state index in [1.807, 2.05) is 49.4 Å². The van der Waals surface area contributed by atoms with Gasteiger partial charge < -0.3 is 10.5 Å². The van der Waals surface area contributed by atoms with E-state index in [4.69, 9.17) is 10.5 Å². The number of nitrogen functional groups attached to an aromatic ring is 1. The third kappa shape index (κ3) is 2.65. The lowest BCUT2D eigenvalue weighted by atomic mass is 10.1. The van der Waals surface area contributed by atoms with Crippen LogP contribution in [0.15, 0.2) is 42.5 Å². The van der Waals surface area contributed by atoms with E-state index in [-0.39, 0.29) is 0 Å². The van der Waals surface area contributed by atoms with Gasteiger partial charge in [0.15, 0.2) is 0 Å². The smallest absolute Gasteiger partial charge is 0.222 e. The van der Waals surface area contributed by atoms with Crippen LogP contribution in [0.3, 0.4) is 0 Å². The highest BCUT2D eigenvalue weighted by molar-refractivity contribution is 5.97. The molecule has 4 nitrogen and oxygen atoms in total. The van der Waals surface area contributed by atoms with Crippen molar-refractivity contribution >= 4 is 16.5 Å². The lowest BCUT2D eigenvalue weighted by molar-refractivity contribution is 0.463. The van der Waals surface area contributed by atoms with Gasteiger partial charge in [-0.15, -0.1) is 0 Å². The summed E-state index contributed by atoms with van der Waals surface area (Å²) in [5.41, 5.74) is 7.72. The number of nitrogens with two attached hydrogens (primary N) is 1. The van der Waals surface area contributed by atoms with Gasteiger partial charge in [0.25, 0.3) is 0 Å². The van der Waals surface area contributed by atoms with E-state index in [2.05, 4.69) is 16.9 Å². The topological polar surface area (TPSA) is 61.0 Å². The van der Waals surface area contributed by atoms with E-state index in [0.717, 1.165) is 34.3 Å². The second-order valence-electron chi connectivity index (χ2n) is 4.90. The summed E-state index contributed by atoms with van der Waals surface area (Å²) in [6.45, 7) is 3.93. The van der Waals surface area contributed by atoms with Crippen LogP contribution in [-0.2, 0) is 6.42 Å². The molecule has 0 aliphatic rings. The molecule has 0 atom stereocenters. The Morgan fingerprint density at radius 1 is 1.05 bits per heavy atom. The number of anilines is 1. The number of hydrogen-bond acceptors (Lipinski definition) is 4. The molecule has 0 spiro atoms. The van der Waals surface area contributed by atoms with Crippen molar-refractivity contribution in [3.63, 3.8) is 0 Å². The van der Waals surface area contributed by atoms with Gasteiger partial charge in [0, 0.05) is 28.2 Å². The summed E-state index contributed by atoms with van der Waals surface area (Å²) < 4.78 is 5.96. The van der Waals surface area contributed by atoms with Crippen LogP contribution in [-0.4, -0.2) is 9.97 Å². The molecule has 3 rings (SSSR count). The minimum atomic E-state index is 0.564. The van der Waals surface area contributed by atoms with Crippen LogP contribution in [0.25, 0.3) is 10.8 Å². The predicted molar refractivity (Wildman–Crippen MR) is 84.6 cm³/mol. The Balaban J connectivity index is 2.06. The Bertz CT molecular complexity index is 799.